The minimum atomic E-state index is -0.514. The lowest BCUT2D eigenvalue weighted by Gasteiger charge is -2.15. The number of aryl methyl sites for hydroxylation is 2. The van der Waals surface area contributed by atoms with E-state index in [1.807, 2.05) is 27.7 Å². The summed E-state index contributed by atoms with van der Waals surface area (Å²) in [6.07, 6.45) is 1.46. The molecule has 0 aliphatic heterocycles. The molecule has 0 N–H and O–H groups in total. The zero-order valence-corrected chi connectivity index (χ0v) is 16.9. The third-order valence-electron chi connectivity index (χ3n) is 4.19. The van der Waals surface area contributed by atoms with E-state index < -0.39 is 5.97 Å². The van der Waals surface area contributed by atoms with Gasteiger partial charge in [-0.1, -0.05) is 11.8 Å². The molecule has 8 heteroatoms. The average molecular weight is 393 g/mol. The third kappa shape index (κ3) is 3.19. The maximum Gasteiger partial charge on any atom is 0.374 e. The number of nitrogens with zero attached hydrogens (tertiary/aromatic N) is 2. The number of ether oxygens (including phenoxy) is 1. The molecule has 3 aromatic rings. The average Bonchev–Trinajstić information content (AvgIpc) is 3.17. The van der Waals surface area contributed by atoms with E-state index in [1.54, 1.807) is 10.6 Å². The standard InChI is InChI=1S/C18H20N2O4S2/c1-9(2)20-16(21)13-10(3)11(4)26-15(13)19-18(20)25-8-12-6-7-24-14(12)17(22)23-5/h6-7,9H,8H2,1-5H3. The Morgan fingerprint density at radius 3 is 2.81 bits per heavy atom. The molecule has 0 aliphatic rings. The van der Waals surface area contributed by atoms with Crippen molar-refractivity contribution in [1.82, 2.24) is 9.55 Å². The zero-order chi connectivity index (χ0) is 19.0. The van der Waals surface area contributed by atoms with Gasteiger partial charge < -0.3 is 9.15 Å². The molecule has 3 rings (SSSR count). The van der Waals surface area contributed by atoms with Gasteiger partial charge in [0, 0.05) is 22.2 Å². The van der Waals surface area contributed by atoms with Crippen molar-refractivity contribution >= 4 is 39.3 Å². The number of thiophene rings is 1. The number of thioether (sulfide) groups is 1. The maximum atomic E-state index is 13.0. The first-order valence-corrected chi connectivity index (χ1v) is 9.95. The van der Waals surface area contributed by atoms with Crippen molar-refractivity contribution in [1.29, 1.82) is 0 Å². The summed E-state index contributed by atoms with van der Waals surface area (Å²) >= 11 is 2.94. The van der Waals surface area contributed by atoms with E-state index in [9.17, 15) is 9.59 Å². The molecule has 0 spiro atoms. The van der Waals surface area contributed by atoms with E-state index >= 15 is 0 Å². The Kier molecular flexibility index (Phi) is 5.24. The normalized spacial score (nSPS) is 11.5. The van der Waals surface area contributed by atoms with Crippen LogP contribution in [0, 0.1) is 13.8 Å². The van der Waals surface area contributed by atoms with Gasteiger partial charge in [-0.3, -0.25) is 9.36 Å². The number of carbonyl (C=O) groups is 1. The van der Waals surface area contributed by atoms with E-state index in [0.717, 1.165) is 15.3 Å². The fourth-order valence-electron chi connectivity index (χ4n) is 2.71. The lowest BCUT2D eigenvalue weighted by molar-refractivity contribution is 0.0564. The molecule has 6 nitrogen and oxygen atoms in total. The summed E-state index contributed by atoms with van der Waals surface area (Å²) in [5.41, 5.74) is 1.69. The van der Waals surface area contributed by atoms with Crippen molar-refractivity contribution in [3.63, 3.8) is 0 Å². The second-order valence-corrected chi connectivity index (χ2v) is 8.33. The van der Waals surface area contributed by atoms with E-state index in [0.29, 0.717) is 21.9 Å². The molecule has 0 atom stereocenters. The van der Waals surface area contributed by atoms with Crippen LogP contribution in [-0.4, -0.2) is 22.6 Å². The second-order valence-electron chi connectivity index (χ2n) is 6.18. The molecule has 138 valence electrons. The SMILES string of the molecule is COC(=O)c1occc1CSc1nc2sc(C)c(C)c2c(=O)n1C(C)C. The van der Waals surface area contributed by atoms with Gasteiger partial charge in [0.25, 0.3) is 5.56 Å². The summed E-state index contributed by atoms with van der Waals surface area (Å²) in [6, 6.07) is 1.71. The number of furan rings is 1. The number of fused-ring (bicyclic) bond motifs is 1. The van der Waals surface area contributed by atoms with Gasteiger partial charge in [0.05, 0.1) is 18.8 Å². The van der Waals surface area contributed by atoms with Crippen LogP contribution in [-0.2, 0) is 10.5 Å². The Hall–Kier alpha value is -2.06. The van der Waals surface area contributed by atoms with Crippen LogP contribution in [0.3, 0.4) is 0 Å². The second kappa shape index (κ2) is 7.28. The van der Waals surface area contributed by atoms with Gasteiger partial charge in [-0.2, -0.15) is 0 Å². The molecule has 3 aromatic heterocycles. The Morgan fingerprint density at radius 2 is 2.15 bits per heavy atom. The third-order valence-corrected chi connectivity index (χ3v) is 6.30. The highest BCUT2D eigenvalue weighted by molar-refractivity contribution is 7.98. The molecule has 3 heterocycles. The van der Waals surface area contributed by atoms with E-state index in [1.165, 1.54) is 36.5 Å². The van der Waals surface area contributed by atoms with Crippen LogP contribution < -0.4 is 5.56 Å². The van der Waals surface area contributed by atoms with Crippen molar-refractivity contribution < 1.29 is 13.9 Å². The lowest BCUT2D eigenvalue weighted by atomic mass is 10.2. The van der Waals surface area contributed by atoms with Gasteiger partial charge in [-0.15, -0.1) is 11.3 Å². The fraction of sp³-hybridized carbons (Fsp3) is 0.389. The van der Waals surface area contributed by atoms with Crippen LogP contribution in [0.5, 0.6) is 0 Å². The summed E-state index contributed by atoms with van der Waals surface area (Å²) in [5.74, 6) is 0.122. The number of rotatable bonds is 5. The minimum Gasteiger partial charge on any atom is -0.463 e. The molecule has 0 unspecified atom stereocenters. The Labute approximate surface area is 159 Å². The maximum absolute atomic E-state index is 13.0. The summed E-state index contributed by atoms with van der Waals surface area (Å²) in [6.45, 7) is 7.89. The number of esters is 1. The molecule has 0 saturated carbocycles. The van der Waals surface area contributed by atoms with Gasteiger partial charge in [-0.05, 0) is 39.3 Å². The highest BCUT2D eigenvalue weighted by Gasteiger charge is 2.20. The molecular weight excluding hydrogens is 372 g/mol. The lowest BCUT2D eigenvalue weighted by Crippen LogP contribution is -2.25. The molecule has 0 saturated heterocycles. The minimum absolute atomic E-state index is 0.0188. The summed E-state index contributed by atoms with van der Waals surface area (Å²) in [7, 11) is 1.31. The first kappa shape index (κ1) is 18.7. The molecule has 0 amide bonds. The van der Waals surface area contributed by atoms with Crippen LogP contribution >= 0.6 is 23.1 Å². The van der Waals surface area contributed by atoms with Gasteiger partial charge in [0.2, 0.25) is 5.76 Å². The molecule has 0 bridgehead atoms. The predicted octanol–water partition coefficient (Wildman–Crippen LogP) is 4.33. The van der Waals surface area contributed by atoms with Crippen LogP contribution in [0.15, 0.2) is 26.7 Å². The van der Waals surface area contributed by atoms with Gasteiger partial charge >= 0.3 is 5.97 Å². The van der Waals surface area contributed by atoms with Crippen molar-refractivity contribution in [3.8, 4) is 0 Å². The van der Waals surface area contributed by atoms with Crippen molar-refractivity contribution in [2.24, 2.45) is 0 Å². The smallest absolute Gasteiger partial charge is 0.374 e. The Morgan fingerprint density at radius 1 is 1.42 bits per heavy atom. The first-order valence-electron chi connectivity index (χ1n) is 8.14. The largest absolute Gasteiger partial charge is 0.463 e. The number of methoxy groups -OCH3 is 1. The van der Waals surface area contributed by atoms with Gasteiger partial charge in [-0.25, -0.2) is 9.78 Å². The molecule has 0 aromatic carbocycles. The van der Waals surface area contributed by atoms with E-state index in [4.69, 9.17) is 14.1 Å². The van der Waals surface area contributed by atoms with Gasteiger partial charge in [0.1, 0.15) is 4.83 Å². The van der Waals surface area contributed by atoms with Crippen LogP contribution in [0.25, 0.3) is 10.2 Å². The molecule has 26 heavy (non-hydrogen) atoms. The van der Waals surface area contributed by atoms with Crippen molar-refractivity contribution in [2.75, 3.05) is 7.11 Å². The molecular formula is C18H20N2O4S2. The number of carbonyl (C=O) groups excluding carboxylic acids is 1. The Balaban J connectivity index is 2.03. The van der Waals surface area contributed by atoms with E-state index in [2.05, 4.69) is 0 Å². The van der Waals surface area contributed by atoms with Gasteiger partial charge in [0.15, 0.2) is 5.16 Å². The highest BCUT2D eigenvalue weighted by Crippen LogP contribution is 2.31. The Bertz CT molecular complexity index is 1030. The van der Waals surface area contributed by atoms with Crippen LogP contribution in [0.1, 0.15) is 46.4 Å². The highest BCUT2D eigenvalue weighted by atomic mass is 32.2. The van der Waals surface area contributed by atoms with Crippen molar-refractivity contribution in [2.45, 2.75) is 44.6 Å². The van der Waals surface area contributed by atoms with Crippen LogP contribution in [0.4, 0.5) is 0 Å². The topological polar surface area (TPSA) is 74.3 Å². The summed E-state index contributed by atoms with van der Waals surface area (Å²) in [5, 5.41) is 1.33. The fourth-order valence-corrected chi connectivity index (χ4v) is 4.89. The zero-order valence-electron chi connectivity index (χ0n) is 15.3. The quantitative estimate of drug-likeness (QED) is 0.366. The van der Waals surface area contributed by atoms with E-state index in [-0.39, 0.29) is 17.4 Å². The molecule has 0 aliphatic carbocycles. The number of hydrogen-bond acceptors (Lipinski definition) is 7. The predicted molar refractivity (Wildman–Crippen MR) is 103 cm³/mol. The van der Waals surface area contributed by atoms with Crippen molar-refractivity contribution in [3.05, 3.63) is 44.4 Å². The number of hydrogen-bond donors (Lipinski definition) is 0. The molecule has 0 radical (unpaired) electrons. The monoisotopic (exact) mass is 392 g/mol. The number of aromatic nitrogens is 2. The first-order chi connectivity index (χ1) is 12.3. The molecule has 0 fully saturated rings. The van der Waals surface area contributed by atoms with Crippen LogP contribution in [0.2, 0.25) is 0 Å². The summed E-state index contributed by atoms with van der Waals surface area (Å²) < 4.78 is 11.7. The summed E-state index contributed by atoms with van der Waals surface area (Å²) in [4.78, 5) is 31.4.